The number of carbonyl (C=O) groups excluding carboxylic acids is 1. The van der Waals surface area contributed by atoms with Crippen molar-refractivity contribution in [3.05, 3.63) is 70.1 Å². The van der Waals surface area contributed by atoms with Gasteiger partial charge in [0.05, 0.1) is 6.42 Å². The number of hydrogen-bond donors (Lipinski definition) is 2. The largest absolute Gasteiger partial charge is 0.348 e. The van der Waals surface area contributed by atoms with Crippen LogP contribution in [0.2, 0.25) is 0 Å². The van der Waals surface area contributed by atoms with Gasteiger partial charge in [0.15, 0.2) is 5.11 Å². The maximum Gasteiger partial charge on any atom is 0.250 e. The maximum atomic E-state index is 12.5. The number of rotatable bonds is 4. The van der Waals surface area contributed by atoms with Crippen LogP contribution in [0, 0.1) is 5.92 Å². The summed E-state index contributed by atoms with van der Waals surface area (Å²) in [4.78, 5) is 26.8. The minimum Gasteiger partial charge on any atom is -0.348 e. The van der Waals surface area contributed by atoms with Crippen molar-refractivity contribution in [3.8, 4) is 0 Å². The van der Waals surface area contributed by atoms with E-state index in [-0.39, 0.29) is 23.8 Å². The molecule has 1 aromatic carbocycles. The van der Waals surface area contributed by atoms with Crippen LogP contribution in [0.1, 0.15) is 23.6 Å². The minimum absolute atomic E-state index is 0.0312. The molecule has 1 fully saturated rings. The lowest BCUT2D eigenvalue weighted by atomic mass is 9.83. The number of thiocarbonyl (C=S) groups is 1. The van der Waals surface area contributed by atoms with Crippen molar-refractivity contribution in [2.45, 2.75) is 35.3 Å². The summed E-state index contributed by atoms with van der Waals surface area (Å²) in [5.74, 6) is 0.196. The van der Waals surface area contributed by atoms with Crippen LogP contribution in [0.25, 0.3) is 0 Å². The van der Waals surface area contributed by atoms with Gasteiger partial charge in [0.25, 0.3) is 5.56 Å². The molecular weight excluding hydrogens is 491 g/mol. The first-order valence-corrected chi connectivity index (χ1v) is 11.9. The van der Waals surface area contributed by atoms with E-state index in [2.05, 4.69) is 10.6 Å². The smallest absolute Gasteiger partial charge is 0.250 e. The van der Waals surface area contributed by atoms with Crippen LogP contribution in [0.15, 0.2) is 53.3 Å². The molecule has 3 atom stereocenters. The lowest BCUT2D eigenvalue weighted by Crippen LogP contribution is -2.60. The third kappa shape index (κ3) is 5.39. The van der Waals surface area contributed by atoms with Gasteiger partial charge in [-0.15, -0.1) is 0 Å². The van der Waals surface area contributed by atoms with Gasteiger partial charge >= 0.3 is 0 Å². The number of hydrogen-bond acceptors (Lipinski definition) is 3. The van der Waals surface area contributed by atoms with Crippen LogP contribution in [0.5, 0.6) is 0 Å². The Balaban J connectivity index is 1.43. The standard InChI is InChI=1S/C22H23Cl3N4O2S/c23-22(24,25)20(26-18(30)10-14-5-2-1-3-6-14)27-21(32)28-11-15-9-16(13-28)17-7-4-8-19(31)29(17)12-15/h1-8,15-16,20H,9-13H2,(H,26,30)(H,27,32). The first kappa shape index (κ1) is 23.4. The normalized spacial score (nSPS) is 20.8. The van der Waals surface area contributed by atoms with Crippen LogP contribution in [-0.2, 0) is 17.8 Å². The number of pyridine rings is 1. The molecule has 0 radical (unpaired) electrons. The molecule has 170 valence electrons. The maximum absolute atomic E-state index is 12.5. The van der Waals surface area contributed by atoms with Crippen LogP contribution in [-0.4, -0.2) is 43.5 Å². The zero-order chi connectivity index (χ0) is 22.9. The fourth-order valence-corrected chi connectivity index (χ4v) is 5.06. The van der Waals surface area contributed by atoms with Crippen LogP contribution < -0.4 is 16.2 Å². The van der Waals surface area contributed by atoms with Crippen molar-refractivity contribution in [1.82, 2.24) is 20.1 Å². The van der Waals surface area contributed by atoms with Crippen molar-refractivity contribution in [1.29, 1.82) is 0 Å². The molecule has 10 heteroatoms. The van der Waals surface area contributed by atoms with Crippen molar-refractivity contribution in [2.75, 3.05) is 13.1 Å². The number of halogens is 3. The Bertz CT molecular complexity index is 1060. The van der Waals surface area contributed by atoms with E-state index in [9.17, 15) is 9.59 Å². The van der Waals surface area contributed by atoms with Crippen LogP contribution in [0.3, 0.4) is 0 Å². The first-order valence-electron chi connectivity index (χ1n) is 10.4. The monoisotopic (exact) mass is 512 g/mol. The van der Waals surface area contributed by atoms with E-state index in [1.54, 1.807) is 12.1 Å². The number of nitrogens with one attached hydrogen (secondary N) is 2. The molecule has 0 saturated carbocycles. The first-order chi connectivity index (χ1) is 15.2. The summed E-state index contributed by atoms with van der Waals surface area (Å²) >= 11 is 24.1. The van der Waals surface area contributed by atoms with Crippen molar-refractivity contribution in [2.24, 2.45) is 5.92 Å². The highest BCUT2D eigenvalue weighted by Crippen LogP contribution is 2.35. The zero-order valence-electron chi connectivity index (χ0n) is 17.1. The van der Waals surface area contributed by atoms with Gasteiger partial charge in [-0.2, -0.15) is 0 Å². The van der Waals surface area contributed by atoms with Crippen LogP contribution >= 0.6 is 47.0 Å². The number of likely N-dealkylation sites (tertiary alicyclic amines) is 1. The molecule has 2 aliphatic rings. The Morgan fingerprint density at radius 1 is 1.06 bits per heavy atom. The fourth-order valence-electron chi connectivity index (χ4n) is 4.47. The summed E-state index contributed by atoms with van der Waals surface area (Å²) in [5, 5.41) is 6.18. The second kappa shape index (κ2) is 9.59. The number of aromatic nitrogens is 1. The number of carbonyl (C=O) groups is 1. The van der Waals surface area contributed by atoms with Crippen molar-refractivity contribution < 1.29 is 4.79 Å². The number of amides is 1. The summed E-state index contributed by atoms with van der Waals surface area (Å²) in [6, 6.07) is 14.7. The highest BCUT2D eigenvalue weighted by Gasteiger charge is 2.38. The van der Waals surface area contributed by atoms with Gasteiger partial charge in [-0.25, -0.2) is 0 Å². The van der Waals surface area contributed by atoms with Gasteiger partial charge in [0.1, 0.15) is 6.17 Å². The number of alkyl halides is 3. The lowest BCUT2D eigenvalue weighted by molar-refractivity contribution is -0.121. The molecule has 2 bridgehead atoms. The molecule has 2 aromatic rings. The molecule has 3 heterocycles. The Labute approximate surface area is 206 Å². The average Bonchev–Trinajstić information content (AvgIpc) is 2.74. The van der Waals surface area contributed by atoms with Gasteiger partial charge in [-0.05, 0) is 36.2 Å². The van der Waals surface area contributed by atoms with Gasteiger partial charge < -0.3 is 20.1 Å². The molecule has 3 unspecified atom stereocenters. The molecule has 2 N–H and O–H groups in total. The average molecular weight is 514 g/mol. The van der Waals surface area contributed by atoms with E-state index < -0.39 is 9.96 Å². The van der Waals surface area contributed by atoms with Crippen molar-refractivity contribution >= 4 is 58.0 Å². The van der Waals surface area contributed by atoms with Crippen molar-refractivity contribution in [3.63, 3.8) is 0 Å². The second-order valence-electron chi connectivity index (χ2n) is 8.26. The predicted octanol–water partition coefficient (Wildman–Crippen LogP) is 3.20. The second-order valence-corrected chi connectivity index (χ2v) is 11.0. The van der Waals surface area contributed by atoms with Gasteiger partial charge in [-0.3, -0.25) is 9.59 Å². The molecule has 6 nitrogen and oxygen atoms in total. The third-order valence-electron chi connectivity index (χ3n) is 5.87. The molecule has 0 aliphatic carbocycles. The van der Waals surface area contributed by atoms with Gasteiger partial charge in [0.2, 0.25) is 9.70 Å². The third-order valence-corrected chi connectivity index (χ3v) is 6.91. The highest BCUT2D eigenvalue weighted by molar-refractivity contribution is 7.80. The molecule has 4 rings (SSSR count). The molecule has 1 aromatic heterocycles. The Morgan fingerprint density at radius 3 is 2.53 bits per heavy atom. The van der Waals surface area contributed by atoms with E-state index >= 15 is 0 Å². The number of nitrogens with zero attached hydrogens (tertiary/aromatic N) is 2. The number of benzene rings is 1. The Hall–Kier alpha value is -1.80. The Kier molecular flexibility index (Phi) is 7.00. The summed E-state index contributed by atoms with van der Waals surface area (Å²) in [6.45, 7) is 2.00. The molecule has 2 aliphatic heterocycles. The number of fused-ring (bicyclic) bond motifs is 4. The highest BCUT2D eigenvalue weighted by atomic mass is 35.6. The molecule has 1 amide bonds. The molecule has 1 saturated heterocycles. The zero-order valence-corrected chi connectivity index (χ0v) is 20.2. The minimum atomic E-state index is -1.80. The van der Waals surface area contributed by atoms with Gasteiger partial charge in [-0.1, -0.05) is 71.2 Å². The van der Waals surface area contributed by atoms with E-state index in [0.717, 1.165) is 17.7 Å². The Morgan fingerprint density at radius 2 is 1.81 bits per heavy atom. The molecular formula is C22H23Cl3N4O2S. The van der Waals surface area contributed by atoms with E-state index in [1.165, 1.54) is 0 Å². The topological polar surface area (TPSA) is 66.4 Å². The van der Waals surface area contributed by atoms with E-state index in [4.69, 9.17) is 47.0 Å². The summed E-state index contributed by atoms with van der Waals surface area (Å²) in [7, 11) is 0. The molecule has 0 spiro atoms. The lowest BCUT2D eigenvalue weighted by Gasteiger charge is -2.44. The van der Waals surface area contributed by atoms with Gasteiger partial charge in [0, 0.05) is 37.3 Å². The van der Waals surface area contributed by atoms with E-state index in [0.29, 0.717) is 30.7 Å². The molecule has 32 heavy (non-hydrogen) atoms. The number of piperidine rings is 1. The van der Waals surface area contributed by atoms with Crippen LogP contribution in [0.4, 0.5) is 0 Å². The summed E-state index contributed by atoms with van der Waals surface area (Å²) in [5.41, 5.74) is 1.91. The summed E-state index contributed by atoms with van der Waals surface area (Å²) in [6.07, 6.45) is 0.170. The fraction of sp³-hybridized carbons (Fsp3) is 0.409. The van der Waals surface area contributed by atoms with E-state index in [1.807, 2.05) is 45.9 Å². The SMILES string of the molecule is O=C(Cc1ccccc1)NC(NC(=S)N1CC2CC(C1)c1cccc(=O)n1C2)C(Cl)(Cl)Cl. The quantitative estimate of drug-likeness (QED) is 0.373. The predicted molar refractivity (Wildman–Crippen MR) is 131 cm³/mol. The summed E-state index contributed by atoms with van der Waals surface area (Å²) < 4.78 is 0.0581.